The van der Waals surface area contributed by atoms with Gasteiger partial charge in [0, 0.05) is 23.0 Å². The zero-order valence-electron chi connectivity index (χ0n) is 16.8. The van der Waals surface area contributed by atoms with Crippen molar-refractivity contribution in [3.05, 3.63) is 117 Å². The number of aromatic nitrogens is 1. The van der Waals surface area contributed by atoms with Crippen LogP contribution in [0.4, 0.5) is 0 Å². The van der Waals surface area contributed by atoms with E-state index in [4.69, 9.17) is 11.6 Å². The van der Waals surface area contributed by atoms with Crippen molar-refractivity contribution >= 4 is 17.3 Å². The monoisotopic (exact) mass is 640 g/mol. The molecule has 1 aromatic heterocycles. The molecule has 0 fully saturated rings. The molecule has 0 saturated carbocycles. The molecule has 0 aliphatic rings. The molecule has 0 radical (unpaired) electrons. The molecule has 150 valence electrons. The summed E-state index contributed by atoms with van der Waals surface area (Å²) in [7, 11) is 0. The van der Waals surface area contributed by atoms with Gasteiger partial charge in [0.25, 0.3) is 0 Å². The first-order valence-electron chi connectivity index (χ1n) is 9.71. The fourth-order valence-electron chi connectivity index (χ4n) is 3.02. The molecule has 30 heavy (non-hydrogen) atoms. The summed E-state index contributed by atoms with van der Waals surface area (Å²) < 4.78 is 0. The fourth-order valence-corrected chi connectivity index (χ4v) is 3.14. The average Bonchev–Trinajstić information content (AvgIpc) is 2.77. The number of aliphatic hydroxyl groups excluding tert-OH is 1. The first-order valence-corrected chi connectivity index (χ1v) is 10.1. The molecule has 0 saturated heterocycles. The molecule has 3 aromatic rings. The summed E-state index contributed by atoms with van der Waals surface area (Å²) >= 11 is 5.96. The largest absolute Gasteiger partial charge is 2.00 e. The molecule has 3 nitrogen and oxygen atoms in total. The van der Waals surface area contributed by atoms with Gasteiger partial charge in [-0.15, -0.1) is 41.5 Å². The number of nitrogens with zero attached hydrogens (tertiary/aromatic N) is 2. The molecule has 0 amide bonds. The van der Waals surface area contributed by atoms with Gasteiger partial charge in [-0.3, -0.25) is 4.98 Å². The van der Waals surface area contributed by atoms with Gasteiger partial charge in [0.1, 0.15) is 0 Å². The van der Waals surface area contributed by atoms with Gasteiger partial charge in [-0.05, 0) is 31.0 Å². The van der Waals surface area contributed by atoms with Crippen LogP contribution in [0.3, 0.4) is 0 Å². The van der Waals surface area contributed by atoms with E-state index in [1.54, 1.807) is 48.8 Å². The van der Waals surface area contributed by atoms with Crippen molar-refractivity contribution in [2.24, 2.45) is 0 Å². The second kappa shape index (κ2) is 12.2. The molecular formula is C25H23ClN2OU. The van der Waals surface area contributed by atoms with Crippen LogP contribution in [0.5, 0.6) is 0 Å². The minimum Gasteiger partial charge on any atom is -0.854 e. The fraction of sp³-hybridized carbons (Fsp3) is 0.200. The molecule has 2 aromatic carbocycles. The maximum absolute atomic E-state index is 11.0. The maximum Gasteiger partial charge on any atom is 2.00 e. The van der Waals surface area contributed by atoms with E-state index < -0.39 is 6.10 Å². The number of benzene rings is 2. The van der Waals surface area contributed by atoms with Crippen molar-refractivity contribution in [1.29, 1.82) is 0 Å². The Morgan fingerprint density at radius 1 is 1.10 bits per heavy atom. The first kappa shape index (κ1) is 24.6. The van der Waals surface area contributed by atoms with Gasteiger partial charge in [-0.2, -0.15) is 0 Å². The number of hydrogen-bond donors (Lipinski definition) is 1. The number of hydrogen-bond acceptors (Lipinski definition) is 2. The molecule has 0 aliphatic carbocycles. The molecule has 3 rings (SSSR count). The molecule has 0 bridgehead atoms. The quantitative estimate of drug-likeness (QED) is 0.245. The normalized spacial score (nSPS) is 12.2. The van der Waals surface area contributed by atoms with Crippen LogP contribution >= 0.6 is 11.6 Å². The van der Waals surface area contributed by atoms with Crippen LogP contribution in [0.1, 0.15) is 48.1 Å². The van der Waals surface area contributed by atoms with Gasteiger partial charge in [-0.1, -0.05) is 54.3 Å². The molecule has 5 heteroatoms. The second-order valence-electron chi connectivity index (χ2n) is 6.88. The molecule has 1 heterocycles. The van der Waals surface area contributed by atoms with Crippen LogP contribution in [-0.4, -0.2) is 15.8 Å². The molecular weight excluding hydrogens is 618 g/mol. The second-order valence-corrected chi connectivity index (χ2v) is 7.32. The third-order valence-electron chi connectivity index (χ3n) is 4.70. The number of aryl methyl sites for hydroxylation is 1. The Morgan fingerprint density at radius 3 is 2.40 bits per heavy atom. The van der Waals surface area contributed by atoms with Gasteiger partial charge in [0.15, 0.2) is 0 Å². The van der Waals surface area contributed by atoms with Crippen LogP contribution in [-0.2, 0) is 6.42 Å². The number of pyridine rings is 1. The first-order chi connectivity index (χ1) is 14.1. The summed E-state index contributed by atoms with van der Waals surface area (Å²) in [5.74, 6) is 0. The van der Waals surface area contributed by atoms with Crippen molar-refractivity contribution in [3.63, 3.8) is 0 Å². The Labute approximate surface area is 207 Å². The van der Waals surface area contributed by atoms with Gasteiger partial charge in [-0.25, -0.2) is 5.71 Å². The smallest absolute Gasteiger partial charge is 0.854 e. The third kappa shape index (κ3) is 6.65. The average molecular weight is 641 g/mol. The van der Waals surface area contributed by atoms with Crippen molar-refractivity contribution in [2.75, 3.05) is 0 Å². The third-order valence-corrected chi connectivity index (χ3v) is 4.95. The van der Waals surface area contributed by atoms with Crippen molar-refractivity contribution in [2.45, 2.75) is 32.3 Å². The standard InChI is InChI=1S/C25H23ClN2O.U/c1-2-3-5-18-7-9-19(10-8-18)16-23(25(29)21-6-4-15-28-17-21)24(27)20-11-13-22(26)14-12-20;/h4,6-15,17,25,29H,2-3,5H2,1H3;/q-2;+2. The summed E-state index contributed by atoms with van der Waals surface area (Å²) in [6, 6.07) is 18.4. The molecule has 0 spiro atoms. The number of rotatable bonds is 8. The van der Waals surface area contributed by atoms with E-state index in [-0.39, 0.29) is 42.4 Å². The molecule has 1 N–H and O–H groups in total. The number of unbranched alkanes of at least 4 members (excludes halogenated alkanes) is 1. The van der Waals surface area contributed by atoms with E-state index in [9.17, 15) is 10.5 Å². The number of aliphatic hydroxyl groups is 1. The molecule has 0 aliphatic heterocycles. The molecule has 1 atom stereocenters. The van der Waals surface area contributed by atoms with Gasteiger partial charge in [0.2, 0.25) is 0 Å². The maximum atomic E-state index is 11.0. The minimum absolute atomic E-state index is 0. The van der Waals surface area contributed by atoms with Crippen LogP contribution in [0.15, 0.2) is 78.6 Å². The van der Waals surface area contributed by atoms with E-state index in [0.717, 1.165) is 24.8 Å². The van der Waals surface area contributed by atoms with Crippen LogP contribution < -0.4 is 0 Å². The Balaban J connectivity index is 0.00000320. The SMILES string of the molecule is CCCCc1ccc([C-]=C(C(=[N-])c2ccc(Cl)cc2)C(O)c2cccnc2)cc1.[U+2]. The summed E-state index contributed by atoms with van der Waals surface area (Å²) in [6.07, 6.45) is 8.68. The zero-order valence-corrected chi connectivity index (χ0v) is 21.8. The summed E-state index contributed by atoms with van der Waals surface area (Å²) in [4.78, 5) is 4.07. The van der Waals surface area contributed by atoms with E-state index in [1.807, 2.05) is 12.1 Å². The zero-order chi connectivity index (χ0) is 20.6. The topological polar surface area (TPSA) is 55.4 Å². The Morgan fingerprint density at radius 2 is 1.80 bits per heavy atom. The van der Waals surface area contributed by atoms with Gasteiger partial charge >= 0.3 is 31.1 Å². The van der Waals surface area contributed by atoms with Crippen LogP contribution in [0, 0.1) is 37.2 Å². The summed E-state index contributed by atoms with van der Waals surface area (Å²) in [5.41, 5.74) is 3.41. The predicted molar refractivity (Wildman–Crippen MR) is 119 cm³/mol. The van der Waals surface area contributed by atoms with Crippen LogP contribution in [0.25, 0.3) is 5.41 Å². The van der Waals surface area contributed by atoms with Gasteiger partial charge in [0.05, 0.1) is 6.10 Å². The Kier molecular flexibility index (Phi) is 10.0. The molecule has 1 unspecified atom stereocenters. The van der Waals surface area contributed by atoms with Crippen LogP contribution in [0.2, 0.25) is 5.02 Å². The minimum atomic E-state index is -1.07. The van der Waals surface area contributed by atoms with Gasteiger partial charge < -0.3 is 10.5 Å². The van der Waals surface area contributed by atoms with E-state index in [2.05, 4.69) is 30.1 Å². The van der Waals surface area contributed by atoms with Crippen molar-refractivity contribution in [1.82, 2.24) is 4.98 Å². The van der Waals surface area contributed by atoms with Crippen molar-refractivity contribution in [3.8, 4) is 0 Å². The summed E-state index contributed by atoms with van der Waals surface area (Å²) in [5, 5.41) is 22.5. The summed E-state index contributed by atoms with van der Waals surface area (Å²) in [6.45, 7) is 2.17. The Bertz CT molecular complexity index is 970. The van der Waals surface area contributed by atoms with E-state index in [0.29, 0.717) is 16.1 Å². The van der Waals surface area contributed by atoms with E-state index in [1.165, 1.54) is 5.56 Å². The number of halogens is 1. The van der Waals surface area contributed by atoms with Crippen molar-refractivity contribution < 1.29 is 36.2 Å². The Hall–Kier alpha value is -1.70. The predicted octanol–water partition coefficient (Wildman–Crippen LogP) is 5.95. The van der Waals surface area contributed by atoms with E-state index >= 15 is 0 Å².